The fourth-order valence-electron chi connectivity index (χ4n) is 2.57. The Balaban J connectivity index is 0.00000200. The fourth-order valence-corrected chi connectivity index (χ4v) is 2.76. The first kappa shape index (κ1) is 17.6. The number of piperidine rings is 1. The quantitative estimate of drug-likeness (QED) is 0.906. The van der Waals surface area contributed by atoms with Gasteiger partial charge in [0.2, 0.25) is 0 Å². The molecule has 0 aromatic heterocycles. The number of para-hydroxylation sites is 1. The second-order valence-corrected chi connectivity index (χ2v) is 5.75. The van der Waals surface area contributed by atoms with Gasteiger partial charge in [0.25, 0.3) is 0 Å². The van der Waals surface area contributed by atoms with Crippen LogP contribution in [0.25, 0.3) is 0 Å². The first-order valence-corrected chi connectivity index (χ1v) is 7.40. The molecule has 1 aliphatic heterocycles. The summed E-state index contributed by atoms with van der Waals surface area (Å²) in [5.74, 6) is 1.39. The Morgan fingerprint density at radius 3 is 2.90 bits per heavy atom. The first-order valence-electron chi connectivity index (χ1n) is 7.02. The SMILES string of the molecule is CC(N)C1CCCN(CCOc2ccccc2Cl)C1.Cl. The van der Waals surface area contributed by atoms with Crippen LogP contribution in [0.2, 0.25) is 5.02 Å². The number of nitrogens with two attached hydrogens (primary N) is 1. The average molecular weight is 319 g/mol. The van der Waals surface area contributed by atoms with E-state index in [1.807, 2.05) is 24.3 Å². The first-order chi connectivity index (χ1) is 9.16. The van der Waals surface area contributed by atoms with Crippen molar-refractivity contribution in [2.75, 3.05) is 26.2 Å². The lowest BCUT2D eigenvalue weighted by molar-refractivity contribution is 0.137. The molecular formula is C15H24Cl2N2O. The molecule has 1 saturated heterocycles. The summed E-state index contributed by atoms with van der Waals surface area (Å²) in [7, 11) is 0. The van der Waals surface area contributed by atoms with Crippen LogP contribution in [0.4, 0.5) is 0 Å². The molecule has 20 heavy (non-hydrogen) atoms. The summed E-state index contributed by atoms with van der Waals surface area (Å²) in [6.07, 6.45) is 2.48. The smallest absolute Gasteiger partial charge is 0.137 e. The second kappa shape index (κ2) is 8.73. The van der Waals surface area contributed by atoms with Crippen molar-refractivity contribution in [2.45, 2.75) is 25.8 Å². The largest absolute Gasteiger partial charge is 0.491 e. The summed E-state index contributed by atoms with van der Waals surface area (Å²) in [6.45, 7) is 5.96. The van der Waals surface area contributed by atoms with Gasteiger partial charge in [0.1, 0.15) is 12.4 Å². The van der Waals surface area contributed by atoms with Crippen LogP contribution in [0, 0.1) is 5.92 Å². The van der Waals surface area contributed by atoms with Gasteiger partial charge in [0.15, 0.2) is 0 Å². The molecule has 0 amide bonds. The lowest BCUT2D eigenvalue weighted by atomic mass is 9.92. The van der Waals surface area contributed by atoms with E-state index in [4.69, 9.17) is 22.1 Å². The highest BCUT2D eigenvalue weighted by Crippen LogP contribution is 2.23. The van der Waals surface area contributed by atoms with E-state index in [1.165, 1.54) is 12.8 Å². The molecule has 0 saturated carbocycles. The number of hydrogen-bond acceptors (Lipinski definition) is 3. The lowest BCUT2D eigenvalue weighted by Crippen LogP contribution is -2.43. The Bertz CT molecular complexity index is 401. The highest BCUT2D eigenvalue weighted by molar-refractivity contribution is 6.32. The Labute approximate surface area is 132 Å². The Kier molecular flexibility index (Phi) is 7.67. The number of benzene rings is 1. The van der Waals surface area contributed by atoms with Gasteiger partial charge in [0, 0.05) is 19.1 Å². The molecule has 2 N–H and O–H groups in total. The summed E-state index contributed by atoms with van der Waals surface area (Å²) < 4.78 is 5.73. The normalized spacial score (nSPS) is 21.1. The van der Waals surface area contributed by atoms with E-state index >= 15 is 0 Å². The average Bonchev–Trinajstić information content (AvgIpc) is 2.41. The van der Waals surface area contributed by atoms with Gasteiger partial charge in [-0.15, -0.1) is 12.4 Å². The van der Waals surface area contributed by atoms with Crippen molar-refractivity contribution < 1.29 is 4.74 Å². The van der Waals surface area contributed by atoms with E-state index in [9.17, 15) is 0 Å². The van der Waals surface area contributed by atoms with Gasteiger partial charge in [-0.3, -0.25) is 4.90 Å². The zero-order valence-corrected chi connectivity index (χ0v) is 13.5. The molecule has 1 heterocycles. The maximum absolute atomic E-state index is 6.06. The summed E-state index contributed by atoms with van der Waals surface area (Å²) in [5.41, 5.74) is 5.99. The zero-order valence-electron chi connectivity index (χ0n) is 11.9. The van der Waals surface area contributed by atoms with Crippen LogP contribution in [0.5, 0.6) is 5.75 Å². The lowest BCUT2D eigenvalue weighted by Gasteiger charge is -2.34. The van der Waals surface area contributed by atoms with Crippen LogP contribution in [-0.2, 0) is 0 Å². The molecule has 1 aliphatic rings. The predicted octanol–water partition coefficient (Wildman–Crippen LogP) is 3.20. The minimum atomic E-state index is 0. The molecule has 5 heteroatoms. The third-order valence-electron chi connectivity index (χ3n) is 3.79. The molecule has 0 aliphatic carbocycles. The van der Waals surface area contributed by atoms with Crippen molar-refractivity contribution >= 4 is 24.0 Å². The molecule has 2 unspecified atom stereocenters. The summed E-state index contributed by atoms with van der Waals surface area (Å²) in [5, 5.41) is 0.676. The third-order valence-corrected chi connectivity index (χ3v) is 4.10. The minimum Gasteiger partial charge on any atom is -0.491 e. The molecular weight excluding hydrogens is 295 g/mol. The van der Waals surface area contributed by atoms with Gasteiger partial charge in [-0.1, -0.05) is 23.7 Å². The van der Waals surface area contributed by atoms with Gasteiger partial charge in [-0.05, 0) is 44.4 Å². The predicted molar refractivity (Wildman–Crippen MR) is 87.0 cm³/mol. The molecule has 2 atom stereocenters. The van der Waals surface area contributed by atoms with E-state index in [0.717, 1.165) is 25.4 Å². The van der Waals surface area contributed by atoms with Crippen LogP contribution < -0.4 is 10.5 Å². The fraction of sp³-hybridized carbons (Fsp3) is 0.600. The minimum absolute atomic E-state index is 0. The molecule has 1 aromatic rings. The number of likely N-dealkylation sites (tertiary alicyclic amines) is 1. The van der Waals surface area contributed by atoms with Crippen LogP contribution in [0.1, 0.15) is 19.8 Å². The Hall–Kier alpha value is -0.480. The number of rotatable bonds is 5. The topological polar surface area (TPSA) is 38.5 Å². The molecule has 1 aromatic carbocycles. The van der Waals surface area contributed by atoms with Gasteiger partial charge in [-0.25, -0.2) is 0 Å². The maximum atomic E-state index is 6.06. The standard InChI is InChI=1S/C15H23ClN2O.ClH/c1-12(17)13-5-4-8-18(11-13)9-10-19-15-7-3-2-6-14(15)16;/h2-3,6-7,12-13H,4-5,8-11,17H2,1H3;1H. The van der Waals surface area contributed by atoms with Gasteiger partial charge in [0.05, 0.1) is 5.02 Å². The molecule has 114 valence electrons. The maximum Gasteiger partial charge on any atom is 0.137 e. The van der Waals surface area contributed by atoms with Gasteiger partial charge >= 0.3 is 0 Å². The molecule has 3 nitrogen and oxygen atoms in total. The highest BCUT2D eigenvalue weighted by Gasteiger charge is 2.22. The van der Waals surface area contributed by atoms with Crippen molar-refractivity contribution in [3.63, 3.8) is 0 Å². The zero-order chi connectivity index (χ0) is 13.7. The van der Waals surface area contributed by atoms with Gasteiger partial charge < -0.3 is 10.5 Å². The Morgan fingerprint density at radius 2 is 2.20 bits per heavy atom. The third kappa shape index (κ3) is 5.13. The molecule has 0 bridgehead atoms. The molecule has 1 fully saturated rings. The van der Waals surface area contributed by atoms with Crippen LogP contribution in [-0.4, -0.2) is 37.2 Å². The van der Waals surface area contributed by atoms with Gasteiger partial charge in [-0.2, -0.15) is 0 Å². The second-order valence-electron chi connectivity index (χ2n) is 5.34. The van der Waals surface area contributed by atoms with Crippen molar-refractivity contribution in [1.82, 2.24) is 4.90 Å². The number of hydrogen-bond donors (Lipinski definition) is 1. The van der Waals surface area contributed by atoms with E-state index in [-0.39, 0.29) is 18.4 Å². The summed E-state index contributed by atoms with van der Waals surface area (Å²) >= 11 is 6.06. The highest BCUT2D eigenvalue weighted by atomic mass is 35.5. The van der Waals surface area contributed by atoms with Crippen molar-refractivity contribution in [3.05, 3.63) is 29.3 Å². The summed E-state index contributed by atoms with van der Waals surface area (Å²) in [4.78, 5) is 2.44. The van der Waals surface area contributed by atoms with Crippen molar-refractivity contribution in [1.29, 1.82) is 0 Å². The van der Waals surface area contributed by atoms with E-state index < -0.39 is 0 Å². The number of halogens is 2. The molecule has 0 radical (unpaired) electrons. The molecule has 0 spiro atoms. The van der Waals surface area contributed by atoms with E-state index in [0.29, 0.717) is 17.5 Å². The Morgan fingerprint density at radius 1 is 1.45 bits per heavy atom. The number of nitrogens with zero attached hydrogens (tertiary/aromatic N) is 1. The molecule has 2 rings (SSSR count). The van der Waals surface area contributed by atoms with Crippen LogP contribution in [0.15, 0.2) is 24.3 Å². The van der Waals surface area contributed by atoms with Crippen molar-refractivity contribution in [2.24, 2.45) is 11.7 Å². The van der Waals surface area contributed by atoms with E-state index in [1.54, 1.807) is 0 Å². The van der Waals surface area contributed by atoms with Crippen LogP contribution in [0.3, 0.4) is 0 Å². The van der Waals surface area contributed by atoms with Crippen LogP contribution >= 0.6 is 24.0 Å². The van der Waals surface area contributed by atoms with E-state index in [2.05, 4.69) is 11.8 Å². The number of ether oxygens (including phenoxy) is 1. The summed E-state index contributed by atoms with van der Waals surface area (Å²) in [6, 6.07) is 7.89. The van der Waals surface area contributed by atoms with Crippen molar-refractivity contribution in [3.8, 4) is 5.75 Å². The monoisotopic (exact) mass is 318 g/mol.